The fraction of sp³-hybridized carbons (Fsp3) is 0.733. The second kappa shape index (κ2) is 5.87. The highest BCUT2D eigenvalue weighted by atomic mass is 16.1. The Balaban J connectivity index is 2.05. The predicted octanol–water partition coefficient (Wildman–Crippen LogP) is 2.28. The van der Waals surface area contributed by atoms with Gasteiger partial charge < -0.3 is 4.57 Å². The first-order valence-corrected chi connectivity index (χ1v) is 7.34. The number of hydrogen-bond acceptors (Lipinski definition) is 3. The van der Waals surface area contributed by atoms with E-state index < -0.39 is 0 Å². The van der Waals surface area contributed by atoms with Crippen molar-refractivity contribution in [3.63, 3.8) is 0 Å². The first kappa shape index (κ1) is 14.3. The van der Waals surface area contributed by atoms with Crippen molar-refractivity contribution in [1.82, 2.24) is 14.5 Å². The number of carbonyl (C=O) groups excluding carboxylic acids is 1. The summed E-state index contributed by atoms with van der Waals surface area (Å²) in [6.45, 7) is 9.14. The minimum atomic E-state index is -0.370. The summed E-state index contributed by atoms with van der Waals surface area (Å²) >= 11 is 0. The van der Waals surface area contributed by atoms with Gasteiger partial charge in [0.15, 0.2) is 5.78 Å². The smallest absolute Gasteiger partial charge is 0.160 e. The van der Waals surface area contributed by atoms with Crippen LogP contribution in [0.5, 0.6) is 0 Å². The SMILES string of the molecule is CCn1ccnc1CC(=O)C(C)(C)N1CCCCC1. The van der Waals surface area contributed by atoms with Gasteiger partial charge in [0.05, 0.1) is 12.0 Å². The van der Waals surface area contributed by atoms with E-state index in [9.17, 15) is 4.79 Å². The number of Topliss-reactive ketones (excluding diaryl/α,β-unsaturated/α-hetero) is 1. The molecule has 4 heteroatoms. The lowest BCUT2D eigenvalue weighted by atomic mass is 9.91. The van der Waals surface area contributed by atoms with Gasteiger partial charge in [-0.25, -0.2) is 4.98 Å². The van der Waals surface area contributed by atoms with Gasteiger partial charge in [-0.05, 0) is 46.7 Å². The third-order valence-electron chi connectivity index (χ3n) is 4.29. The van der Waals surface area contributed by atoms with Crippen LogP contribution in [0.25, 0.3) is 0 Å². The van der Waals surface area contributed by atoms with Gasteiger partial charge in [0, 0.05) is 18.9 Å². The van der Waals surface area contributed by atoms with Crippen LogP contribution in [0.4, 0.5) is 0 Å². The number of rotatable bonds is 5. The first-order chi connectivity index (χ1) is 9.05. The number of piperidine rings is 1. The lowest BCUT2D eigenvalue weighted by molar-refractivity contribution is -0.129. The van der Waals surface area contributed by atoms with Crippen molar-refractivity contribution in [3.8, 4) is 0 Å². The molecule has 1 aromatic rings. The molecule has 1 aliphatic rings. The topological polar surface area (TPSA) is 38.1 Å². The fourth-order valence-electron chi connectivity index (χ4n) is 2.78. The molecule has 2 rings (SSSR count). The average Bonchev–Trinajstić information content (AvgIpc) is 2.87. The van der Waals surface area contributed by atoms with Crippen LogP contribution in [0.3, 0.4) is 0 Å². The zero-order chi connectivity index (χ0) is 13.9. The van der Waals surface area contributed by atoms with Crippen LogP contribution in [0.1, 0.15) is 45.9 Å². The van der Waals surface area contributed by atoms with Crippen molar-refractivity contribution < 1.29 is 4.79 Å². The molecule has 0 atom stereocenters. The molecule has 4 nitrogen and oxygen atoms in total. The molecule has 0 aromatic carbocycles. The van der Waals surface area contributed by atoms with E-state index >= 15 is 0 Å². The Morgan fingerprint density at radius 3 is 2.63 bits per heavy atom. The van der Waals surface area contributed by atoms with Crippen LogP contribution in [0, 0.1) is 0 Å². The van der Waals surface area contributed by atoms with Crippen LogP contribution >= 0.6 is 0 Å². The van der Waals surface area contributed by atoms with Gasteiger partial charge in [-0.1, -0.05) is 6.42 Å². The lowest BCUT2D eigenvalue weighted by Gasteiger charge is -2.39. The number of likely N-dealkylation sites (tertiary alicyclic amines) is 1. The second-order valence-corrected chi connectivity index (χ2v) is 5.84. The molecule has 106 valence electrons. The van der Waals surface area contributed by atoms with Crippen LogP contribution in [0.15, 0.2) is 12.4 Å². The Kier molecular flexibility index (Phi) is 4.40. The molecule has 0 unspecified atom stereocenters. The standard InChI is InChI=1S/C15H25N3O/c1-4-17-11-8-16-14(17)12-13(19)15(2,3)18-9-6-5-7-10-18/h8,11H,4-7,9-10,12H2,1-3H3. The maximum absolute atomic E-state index is 12.6. The lowest BCUT2D eigenvalue weighted by Crippen LogP contribution is -2.52. The van der Waals surface area contributed by atoms with Crippen LogP contribution in [-0.4, -0.2) is 38.9 Å². The number of carbonyl (C=O) groups is 1. The van der Waals surface area contributed by atoms with E-state index in [0.717, 1.165) is 25.5 Å². The summed E-state index contributed by atoms with van der Waals surface area (Å²) in [6.07, 6.45) is 7.86. The van der Waals surface area contributed by atoms with Crippen LogP contribution in [0.2, 0.25) is 0 Å². The van der Waals surface area contributed by atoms with Gasteiger partial charge in [0.1, 0.15) is 5.82 Å². The first-order valence-electron chi connectivity index (χ1n) is 7.34. The Bertz CT molecular complexity index is 430. The molecular formula is C15H25N3O. The molecule has 0 aliphatic carbocycles. The number of aromatic nitrogens is 2. The number of ketones is 1. The van der Waals surface area contributed by atoms with Gasteiger partial charge in [-0.3, -0.25) is 9.69 Å². The van der Waals surface area contributed by atoms with Crippen molar-refractivity contribution in [3.05, 3.63) is 18.2 Å². The Hall–Kier alpha value is -1.16. The molecular weight excluding hydrogens is 238 g/mol. The van der Waals surface area contributed by atoms with Crippen molar-refractivity contribution in [1.29, 1.82) is 0 Å². The largest absolute Gasteiger partial charge is 0.335 e. The fourth-order valence-corrected chi connectivity index (χ4v) is 2.78. The van der Waals surface area contributed by atoms with Crippen molar-refractivity contribution in [2.45, 2.75) is 58.5 Å². The van der Waals surface area contributed by atoms with E-state index in [-0.39, 0.29) is 11.3 Å². The molecule has 1 aromatic heterocycles. The predicted molar refractivity (Wildman–Crippen MR) is 76.1 cm³/mol. The van der Waals surface area contributed by atoms with E-state index in [4.69, 9.17) is 0 Å². The normalized spacial score (nSPS) is 17.6. The summed E-state index contributed by atoms with van der Waals surface area (Å²) < 4.78 is 2.05. The number of aryl methyl sites for hydroxylation is 1. The van der Waals surface area contributed by atoms with E-state index in [0.29, 0.717) is 6.42 Å². The zero-order valence-electron chi connectivity index (χ0n) is 12.4. The molecule has 0 N–H and O–H groups in total. The third kappa shape index (κ3) is 3.06. The van der Waals surface area contributed by atoms with E-state index in [1.165, 1.54) is 19.3 Å². The molecule has 2 heterocycles. The van der Waals surface area contributed by atoms with Gasteiger partial charge in [0.25, 0.3) is 0 Å². The second-order valence-electron chi connectivity index (χ2n) is 5.84. The van der Waals surface area contributed by atoms with Crippen molar-refractivity contribution in [2.75, 3.05) is 13.1 Å². The number of imidazole rings is 1. The molecule has 0 radical (unpaired) electrons. The molecule has 1 aliphatic heterocycles. The van der Waals surface area contributed by atoms with E-state index in [2.05, 4.69) is 30.7 Å². The summed E-state index contributed by atoms with van der Waals surface area (Å²) in [5.41, 5.74) is -0.370. The highest BCUT2D eigenvalue weighted by Crippen LogP contribution is 2.22. The van der Waals surface area contributed by atoms with Gasteiger partial charge >= 0.3 is 0 Å². The summed E-state index contributed by atoms with van der Waals surface area (Å²) in [5, 5.41) is 0. The molecule has 1 fully saturated rings. The molecule has 0 bridgehead atoms. The number of nitrogens with zero attached hydrogens (tertiary/aromatic N) is 3. The summed E-state index contributed by atoms with van der Waals surface area (Å²) in [7, 11) is 0. The number of hydrogen-bond donors (Lipinski definition) is 0. The van der Waals surface area contributed by atoms with E-state index in [1.807, 2.05) is 10.8 Å². The van der Waals surface area contributed by atoms with Gasteiger partial charge in [0.2, 0.25) is 0 Å². The molecule has 0 amide bonds. The molecule has 1 saturated heterocycles. The molecule has 0 saturated carbocycles. The van der Waals surface area contributed by atoms with Gasteiger partial charge in [-0.15, -0.1) is 0 Å². The highest BCUT2D eigenvalue weighted by Gasteiger charge is 2.35. The molecule has 0 spiro atoms. The minimum absolute atomic E-state index is 0.273. The quantitative estimate of drug-likeness (QED) is 0.818. The third-order valence-corrected chi connectivity index (χ3v) is 4.29. The summed E-state index contributed by atoms with van der Waals surface area (Å²) in [5.74, 6) is 1.16. The van der Waals surface area contributed by atoms with Gasteiger partial charge in [-0.2, -0.15) is 0 Å². The average molecular weight is 263 g/mol. The van der Waals surface area contributed by atoms with Crippen molar-refractivity contribution in [2.24, 2.45) is 0 Å². The summed E-state index contributed by atoms with van der Waals surface area (Å²) in [4.78, 5) is 19.2. The van der Waals surface area contributed by atoms with Crippen LogP contribution in [-0.2, 0) is 17.8 Å². The Morgan fingerprint density at radius 1 is 1.32 bits per heavy atom. The van der Waals surface area contributed by atoms with E-state index in [1.54, 1.807) is 6.20 Å². The maximum Gasteiger partial charge on any atom is 0.160 e. The molecule has 19 heavy (non-hydrogen) atoms. The van der Waals surface area contributed by atoms with Crippen LogP contribution < -0.4 is 0 Å². The maximum atomic E-state index is 12.6. The summed E-state index contributed by atoms with van der Waals surface area (Å²) in [6, 6.07) is 0. The Labute approximate surface area is 115 Å². The monoisotopic (exact) mass is 263 g/mol. The minimum Gasteiger partial charge on any atom is -0.335 e. The zero-order valence-corrected chi connectivity index (χ0v) is 12.4. The highest BCUT2D eigenvalue weighted by molar-refractivity contribution is 5.88. The Morgan fingerprint density at radius 2 is 2.00 bits per heavy atom. The van der Waals surface area contributed by atoms with Crippen molar-refractivity contribution >= 4 is 5.78 Å².